The quantitative estimate of drug-likeness (QED) is 0.530. The Bertz CT molecular complexity index is 929. The summed E-state index contributed by atoms with van der Waals surface area (Å²) >= 11 is 0. The predicted octanol–water partition coefficient (Wildman–Crippen LogP) is 5.51. The molecule has 1 aromatic rings. The van der Waals surface area contributed by atoms with E-state index in [-0.39, 0.29) is 11.9 Å². The average molecular weight is 483 g/mol. The molecule has 0 saturated carbocycles. The van der Waals surface area contributed by atoms with E-state index in [1.807, 2.05) is 11.0 Å². The van der Waals surface area contributed by atoms with Crippen LogP contribution in [0.1, 0.15) is 58.1 Å². The van der Waals surface area contributed by atoms with Gasteiger partial charge in [0.05, 0.1) is 18.1 Å². The molecule has 0 aromatic heterocycles. The van der Waals surface area contributed by atoms with Crippen LogP contribution in [0.2, 0.25) is 0 Å². The minimum atomic E-state index is -4.45. The van der Waals surface area contributed by atoms with Crippen LogP contribution in [-0.4, -0.2) is 55.3 Å². The van der Waals surface area contributed by atoms with Crippen molar-refractivity contribution in [2.24, 2.45) is 5.92 Å². The Morgan fingerprint density at radius 1 is 1.09 bits per heavy atom. The van der Waals surface area contributed by atoms with E-state index in [0.717, 1.165) is 17.2 Å². The first-order chi connectivity index (χ1) is 15.9. The lowest BCUT2D eigenvalue weighted by Gasteiger charge is -2.35. The standard InChI is InChI=1S/C25H33F3N2O4/c1-5-33-22(31)18-10-12-29(13-11-18)21-16-19(25(26,27)28)6-7-20(21)17-8-14-30(15-9-17)23(32)34-24(2,3)4/h6-8,16,18H,5,9-15H2,1-4H3. The first kappa shape index (κ1) is 25.9. The second kappa shape index (κ2) is 10.3. The monoisotopic (exact) mass is 482 g/mol. The third kappa shape index (κ3) is 6.45. The Kier molecular flexibility index (Phi) is 7.83. The predicted molar refractivity (Wildman–Crippen MR) is 123 cm³/mol. The number of hydrogen-bond acceptors (Lipinski definition) is 5. The maximum Gasteiger partial charge on any atom is 0.416 e. The molecule has 1 fully saturated rings. The summed E-state index contributed by atoms with van der Waals surface area (Å²) in [6, 6.07) is 3.82. The molecule has 1 amide bonds. The molecule has 0 atom stereocenters. The summed E-state index contributed by atoms with van der Waals surface area (Å²) in [7, 11) is 0. The van der Waals surface area contributed by atoms with Gasteiger partial charge in [-0.1, -0.05) is 12.1 Å². The summed E-state index contributed by atoms with van der Waals surface area (Å²) in [5.74, 6) is -0.481. The zero-order chi connectivity index (χ0) is 25.1. The Morgan fingerprint density at radius 2 is 1.76 bits per heavy atom. The van der Waals surface area contributed by atoms with Gasteiger partial charge in [0.15, 0.2) is 0 Å². The SMILES string of the molecule is CCOC(=O)C1CCN(c2cc(C(F)(F)F)ccc2C2=CCN(C(=O)OC(C)(C)C)CC2)CC1. The van der Waals surface area contributed by atoms with Gasteiger partial charge in [0, 0.05) is 37.4 Å². The number of amides is 1. The normalized spacial score (nSPS) is 17.9. The number of halogens is 3. The molecule has 3 rings (SSSR count). The highest BCUT2D eigenvalue weighted by atomic mass is 19.4. The van der Waals surface area contributed by atoms with Gasteiger partial charge in [-0.05, 0) is 64.7 Å². The second-order valence-electron chi connectivity index (χ2n) is 9.65. The summed E-state index contributed by atoms with van der Waals surface area (Å²) in [6.45, 7) is 9.15. The second-order valence-corrected chi connectivity index (χ2v) is 9.65. The number of ether oxygens (including phenoxy) is 2. The molecule has 0 unspecified atom stereocenters. The fourth-order valence-corrected chi connectivity index (χ4v) is 4.26. The molecule has 1 aromatic carbocycles. The van der Waals surface area contributed by atoms with Gasteiger partial charge in [0.1, 0.15) is 5.60 Å². The van der Waals surface area contributed by atoms with E-state index in [1.165, 1.54) is 12.1 Å². The van der Waals surface area contributed by atoms with Gasteiger partial charge < -0.3 is 19.3 Å². The molecular weight excluding hydrogens is 449 g/mol. The minimum Gasteiger partial charge on any atom is -0.466 e. The van der Waals surface area contributed by atoms with E-state index in [1.54, 1.807) is 32.6 Å². The molecule has 0 spiro atoms. The molecule has 34 heavy (non-hydrogen) atoms. The molecule has 0 bridgehead atoms. The number of nitrogens with zero attached hydrogens (tertiary/aromatic N) is 2. The molecule has 9 heteroatoms. The van der Waals surface area contributed by atoms with Crippen molar-refractivity contribution >= 4 is 23.3 Å². The molecular formula is C25H33F3N2O4. The Labute approximate surface area is 198 Å². The number of hydrogen-bond donors (Lipinski definition) is 0. The largest absolute Gasteiger partial charge is 0.466 e. The van der Waals surface area contributed by atoms with Gasteiger partial charge in [0.25, 0.3) is 0 Å². The van der Waals surface area contributed by atoms with E-state index >= 15 is 0 Å². The Hall–Kier alpha value is -2.71. The molecule has 2 aliphatic heterocycles. The number of anilines is 1. The van der Waals surface area contributed by atoms with Crippen molar-refractivity contribution in [3.63, 3.8) is 0 Å². The average Bonchev–Trinajstić information content (AvgIpc) is 2.77. The van der Waals surface area contributed by atoms with Crippen molar-refractivity contribution < 1.29 is 32.2 Å². The van der Waals surface area contributed by atoms with Crippen LogP contribution < -0.4 is 4.90 Å². The molecule has 188 valence electrons. The van der Waals surface area contributed by atoms with Gasteiger partial charge in [-0.2, -0.15) is 13.2 Å². The van der Waals surface area contributed by atoms with Gasteiger partial charge >= 0.3 is 18.2 Å². The van der Waals surface area contributed by atoms with Crippen molar-refractivity contribution in [2.75, 3.05) is 37.7 Å². The van der Waals surface area contributed by atoms with Crippen LogP contribution in [0.5, 0.6) is 0 Å². The number of benzene rings is 1. The minimum absolute atomic E-state index is 0.235. The molecule has 6 nitrogen and oxygen atoms in total. The van der Waals surface area contributed by atoms with Crippen LogP contribution in [0.25, 0.3) is 5.57 Å². The van der Waals surface area contributed by atoms with E-state index in [2.05, 4.69) is 0 Å². The third-order valence-electron chi connectivity index (χ3n) is 5.99. The number of esters is 1. The number of carbonyl (C=O) groups is 2. The molecule has 2 aliphatic rings. The maximum atomic E-state index is 13.5. The third-order valence-corrected chi connectivity index (χ3v) is 5.99. The summed E-state index contributed by atoms with van der Waals surface area (Å²) in [5.41, 5.74) is 0.833. The Morgan fingerprint density at radius 3 is 2.29 bits per heavy atom. The molecule has 2 heterocycles. The van der Waals surface area contributed by atoms with E-state index < -0.39 is 23.4 Å². The van der Waals surface area contributed by atoms with Crippen molar-refractivity contribution in [1.29, 1.82) is 0 Å². The number of rotatable bonds is 4. The lowest BCUT2D eigenvalue weighted by atomic mass is 9.92. The number of carbonyl (C=O) groups excluding carboxylic acids is 2. The first-order valence-corrected chi connectivity index (χ1v) is 11.7. The smallest absolute Gasteiger partial charge is 0.416 e. The molecule has 0 aliphatic carbocycles. The summed E-state index contributed by atoms with van der Waals surface area (Å²) in [4.78, 5) is 27.9. The maximum absolute atomic E-state index is 13.5. The van der Waals surface area contributed by atoms with Crippen molar-refractivity contribution in [1.82, 2.24) is 4.90 Å². The van der Waals surface area contributed by atoms with Crippen LogP contribution in [-0.2, 0) is 20.4 Å². The van der Waals surface area contributed by atoms with E-state index in [0.29, 0.717) is 57.7 Å². The lowest BCUT2D eigenvalue weighted by molar-refractivity contribution is -0.148. The highest BCUT2D eigenvalue weighted by molar-refractivity contribution is 5.80. The van der Waals surface area contributed by atoms with E-state index in [9.17, 15) is 22.8 Å². The fourth-order valence-electron chi connectivity index (χ4n) is 4.26. The molecule has 0 N–H and O–H groups in total. The lowest BCUT2D eigenvalue weighted by Crippen LogP contribution is -2.39. The summed E-state index contributed by atoms with van der Waals surface area (Å²) in [5, 5.41) is 0. The summed E-state index contributed by atoms with van der Waals surface area (Å²) < 4.78 is 51.0. The Balaban J connectivity index is 1.82. The van der Waals surface area contributed by atoms with Crippen LogP contribution in [0.4, 0.5) is 23.7 Å². The topological polar surface area (TPSA) is 59.1 Å². The summed E-state index contributed by atoms with van der Waals surface area (Å²) in [6.07, 6.45) is -1.41. The van der Waals surface area contributed by atoms with Gasteiger partial charge in [-0.15, -0.1) is 0 Å². The van der Waals surface area contributed by atoms with Crippen LogP contribution in [0.15, 0.2) is 24.3 Å². The molecule has 1 saturated heterocycles. The molecule has 0 radical (unpaired) electrons. The van der Waals surface area contributed by atoms with Crippen LogP contribution >= 0.6 is 0 Å². The van der Waals surface area contributed by atoms with Crippen molar-refractivity contribution in [3.05, 3.63) is 35.4 Å². The van der Waals surface area contributed by atoms with Crippen molar-refractivity contribution in [2.45, 2.75) is 58.7 Å². The zero-order valence-corrected chi connectivity index (χ0v) is 20.2. The van der Waals surface area contributed by atoms with Crippen LogP contribution in [0, 0.1) is 5.92 Å². The van der Waals surface area contributed by atoms with Crippen LogP contribution in [0.3, 0.4) is 0 Å². The highest BCUT2D eigenvalue weighted by Gasteiger charge is 2.34. The fraction of sp³-hybridized carbons (Fsp3) is 0.600. The number of piperidine rings is 1. The highest BCUT2D eigenvalue weighted by Crippen LogP contribution is 2.38. The number of alkyl halides is 3. The van der Waals surface area contributed by atoms with Gasteiger partial charge in [-0.25, -0.2) is 4.79 Å². The van der Waals surface area contributed by atoms with Gasteiger partial charge in [-0.3, -0.25) is 4.79 Å². The van der Waals surface area contributed by atoms with Crippen molar-refractivity contribution in [3.8, 4) is 0 Å². The van der Waals surface area contributed by atoms with E-state index in [4.69, 9.17) is 9.47 Å². The zero-order valence-electron chi connectivity index (χ0n) is 20.2. The van der Waals surface area contributed by atoms with Gasteiger partial charge in [0.2, 0.25) is 0 Å². The first-order valence-electron chi connectivity index (χ1n) is 11.7.